The third-order valence-corrected chi connectivity index (χ3v) is 3.64. The maximum Gasteiger partial charge on any atom is 0.125 e. The SMILES string of the molecule is CCC(O)(c1ccccc1)c1ccccc1OCCOC. The summed E-state index contributed by atoms with van der Waals surface area (Å²) in [6, 6.07) is 17.3. The van der Waals surface area contributed by atoms with E-state index in [9.17, 15) is 5.11 Å². The van der Waals surface area contributed by atoms with E-state index in [-0.39, 0.29) is 0 Å². The molecule has 3 nitrogen and oxygen atoms in total. The molecule has 1 atom stereocenters. The van der Waals surface area contributed by atoms with Crippen LogP contribution in [0.3, 0.4) is 0 Å². The van der Waals surface area contributed by atoms with Crippen LogP contribution in [0.15, 0.2) is 54.6 Å². The quantitative estimate of drug-likeness (QED) is 0.793. The van der Waals surface area contributed by atoms with E-state index in [4.69, 9.17) is 9.47 Å². The normalized spacial score (nSPS) is 13.7. The van der Waals surface area contributed by atoms with E-state index < -0.39 is 5.60 Å². The number of benzene rings is 2. The summed E-state index contributed by atoms with van der Waals surface area (Å²) in [7, 11) is 1.64. The van der Waals surface area contributed by atoms with Gasteiger partial charge in [0, 0.05) is 12.7 Å². The Bertz CT molecular complexity index is 553. The molecule has 0 aromatic heterocycles. The van der Waals surface area contributed by atoms with Crippen molar-refractivity contribution in [2.45, 2.75) is 18.9 Å². The van der Waals surface area contributed by atoms with E-state index >= 15 is 0 Å². The summed E-state index contributed by atoms with van der Waals surface area (Å²) in [5.41, 5.74) is 0.607. The molecule has 21 heavy (non-hydrogen) atoms. The van der Waals surface area contributed by atoms with Gasteiger partial charge in [0.1, 0.15) is 18.0 Å². The van der Waals surface area contributed by atoms with E-state index in [0.29, 0.717) is 25.4 Å². The van der Waals surface area contributed by atoms with Crippen molar-refractivity contribution in [3.8, 4) is 5.75 Å². The molecule has 0 aliphatic heterocycles. The van der Waals surface area contributed by atoms with Gasteiger partial charge in [-0.25, -0.2) is 0 Å². The zero-order valence-electron chi connectivity index (χ0n) is 12.6. The van der Waals surface area contributed by atoms with Crippen molar-refractivity contribution in [1.82, 2.24) is 0 Å². The number of hydrogen-bond donors (Lipinski definition) is 1. The molecule has 0 spiro atoms. The minimum Gasteiger partial charge on any atom is -0.491 e. The van der Waals surface area contributed by atoms with Crippen LogP contribution in [-0.2, 0) is 10.3 Å². The minimum atomic E-state index is -1.05. The number of para-hydroxylation sites is 1. The largest absolute Gasteiger partial charge is 0.491 e. The van der Waals surface area contributed by atoms with Gasteiger partial charge in [0.05, 0.1) is 6.61 Å². The van der Waals surface area contributed by atoms with E-state index in [2.05, 4.69) is 0 Å². The lowest BCUT2D eigenvalue weighted by Crippen LogP contribution is -2.27. The molecule has 0 saturated carbocycles. The Morgan fingerprint density at radius 2 is 1.62 bits per heavy atom. The van der Waals surface area contributed by atoms with Crippen LogP contribution < -0.4 is 4.74 Å². The van der Waals surface area contributed by atoms with E-state index in [1.54, 1.807) is 7.11 Å². The van der Waals surface area contributed by atoms with E-state index in [0.717, 1.165) is 11.1 Å². The summed E-state index contributed by atoms with van der Waals surface area (Å²) in [6.45, 7) is 2.95. The first-order valence-corrected chi connectivity index (χ1v) is 7.21. The molecule has 1 N–H and O–H groups in total. The van der Waals surface area contributed by atoms with Gasteiger partial charge in [-0.05, 0) is 18.1 Å². The minimum absolute atomic E-state index is 0.460. The summed E-state index contributed by atoms with van der Waals surface area (Å²) in [6.07, 6.45) is 0.571. The Labute approximate surface area is 126 Å². The first-order valence-electron chi connectivity index (χ1n) is 7.21. The first-order chi connectivity index (χ1) is 10.2. The number of ether oxygens (including phenoxy) is 2. The summed E-state index contributed by atoms with van der Waals surface area (Å²) < 4.78 is 10.8. The van der Waals surface area contributed by atoms with Gasteiger partial charge in [-0.1, -0.05) is 55.5 Å². The van der Waals surface area contributed by atoms with Gasteiger partial charge < -0.3 is 14.6 Å². The molecule has 2 aromatic carbocycles. The van der Waals surface area contributed by atoms with Crippen LogP contribution in [0.2, 0.25) is 0 Å². The van der Waals surface area contributed by atoms with Gasteiger partial charge in [-0.15, -0.1) is 0 Å². The molecule has 0 bridgehead atoms. The van der Waals surface area contributed by atoms with Crippen LogP contribution in [0.4, 0.5) is 0 Å². The van der Waals surface area contributed by atoms with Crippen molar-refractivity contribution in [3.05, 3.63) is 65.7 Å². The Hall–Kier alpha value is -1.84. The molecule has 112 valence electrons. The van der Waals surface area contributed by atoms with Crippen LogP contribution in [0, 0.1) is 0 Å². The number of rotatable bonds is 7. The second-order valence-corrected chi connectivity index (χ2v) is 4.92. The maximum atomic E-state index is 11.2. The summed E-state index contributed by atoms with van der Waals surface area (Å²) in [4.78, 5) is 0. The van der Waals surface area contributed by atoms with E-state index in [1.807, 2.05) is 61.5 Å². The van der Waals surface area contributed by atoms with Crippen LogP contribution in [0.5, 0.6) is 5.75 Å². The third-order valence-electron chi connectivity index (χ3n) is 3.64. The zero-order chi connectivity index (χ0) is 15.1. The average Bonchev–Trinajstić information content (AvgIpc) is 2.56. The van der Waals surface area contributed by atoms with E-state index in [1.165, 1.54) is 0 Å². The molecule has 0 saturated heterocycles. The highest BCUT2D eigenvalue weighted by atomic mass is 16.5. The molecule has 0 aliphatic carbocycles. The molecule has 0 radical (unpaired) electrons. The number of aliphatic hydroxyl groups is 1. The number of hydrogen-bond acceptors (Lipinski definition) is 3. The Morgan fingerprint density at radius 1 is 0.952 bits per heavy atom. The molecular formula is C18H22O3. The second kappa shape index (κ2) is 7.25. The highest BCUT2D eigenvalue weighted by molar-refractivity contribution is 5.44. The molecular weight excluding hydrogens is 264 g/mol. The third kappa shape index (κ3) is 3.43. The highest BCUT2D eigenvalue weighted by Crippen LogP contribution is 2.38. The van der Waals surface area contributed by atoms with Gasteiger partial charge in [-0.2, -0.15) is 0 Å². The lowest BCUT2D eigenvalue weighted by atomic mass is 9.83. The van der Waals surface area contributed by atoms with Gasteiger partial charge >= 0.3 is 0 Å². The van der Waals surface area contributed by atoms with Crippen LogP contribution in [-0.4, -0.2) is 25.4 Å². The van der Waals surface area contributed by atoms with Crippen molar-refractivity contribution < 1.29 is 14.6 Å². The first kappa shape index (κ1) is 15.5. The molecule has 0 heterocycles. The molecule has 2 aromatic rings. The topological polar surface area (TPSA) is 38.7 Å². The molecule has 0 fully saturated rings. The number of methoxy groups -OCH3 is 1. The molecule has 2 rings (SSSR count). The predicted octanol–water partition coefficient (Wildman–Crippen LogP) is 3.36. The lowest BCUT2D eigenvalue weighted by Gasteiger charge is -2.29. The van der Waals surface area contributed by atoms with Crippen molar-refractivity contribution in [2.24, 2.45) is 0 Å². The van der Waals surface area contributed by atoms with Crippen LogP contribution in [0.1, 0.15) is 24.5 Å². The summed E-state index contributed by atoms with van der Waals surface area (Å²) in [5.74, 6) is 0.697. The Morgan fingerprint density at radius 3 is 2.29 bits per heavy atom. The fraction of sp³-hybridized carbons (Fsp3) is 0.333. The predicted molar refractivity (Wildman–Crippen MR) is 83.5 cm³/mol. The monoisotopic (exact) mass is 286 g/mol. The van der Waals surface area contributed by atoms with Crippen molar-refractivity contribution >= 4 is 0 Å². The van der Waals surface area contributed by atoms with Crippen LogP contribution >= 0.6 is 0 Å². The Kier molecular flexibility index (Phi) is 5.37. The summed E-state index contributed by atoms with van der Waals surface area (Å²) in [5, 5.41) is 11.2. The fourth-order valence-corrected chi connectivity index (χ4v) is 2.43. The smallest absolute Gasteiger partial charge is 0.125 e. The van der Waals surface area contributed by atoms with Crippen molar-refractivity contribution in [2.75, 3.05) is 20.3 Å². The summed E-state index contributed by atoms with van der Waals surface area (Å²) >= 11 is 0. The maximum absolute atomic E-state index is 11.2. The van der Waals surface area contributed by atoms with Crippen molar-refractivity contribution in [3.63, 3.8) is 0 Å². The van der Waals surface area contributed by atoms with Crippen molar-refractivity contribution in [1.29, 1.82) is 0 Å². The average molecular weight is 286 g/mol. The van der Waals surface area contributed by atoms with Crippen LogP contribution in [0.25, 0.3) is 0 Å². The molecule has 3 heteroatoms. The zero-order valence-corrected chi connectivity index (χ0v) is 12.6. The standard InChI is InChI=1S/C18H22O3/c1-3-18(19,15-9-5-4-6-10-15)16-11-7-8-12-17(16)21-14-13-20-2/h4-12,19H,3,13-14H2,1-2H3. The molecule has 0 aliphatic rings. The fourth-order valence-electron chi connectivity index (χ4n) is 2.43. The Balaban J connectivity index is 2.38. The molecule has 0 amide bonds. The van der Waals surface area contributed by atoms with Gasteiger partial charge in [0.2, 0.25) is 0 Å². The van der Waals surface area contributed by atoms with Gasteiger partial charge in [-0.3, -0.25) is 0 Å². The molecule has 1 unspecified atom stereocenters. The van der Waals surface area contributed by atoms with Gasteiger partial charge in [0.15, 0.2) is 0 Å². The lowest BCUT2D eigenvalue weighted by molar-refractivity contribution is 0.0709. The highest BCUT2D eigenvalue weighted by Gasteiger charge is 2.32. The second-order valence-electron chi connectivity index (χ2n) is 4.92. The van der Waals surface area contributed by atoms with Gasteiger partial charge in [0.25, 0.3) is 0 Å².